The van der Waals surface area contributed by atoms with Crippen LogP contribution in [0.25, 0.3) is 0 Å². The Labute approximate surface area is 109 Å². The van der Waals surface area contributed by atoms with Crippen LogP contribution in [0.2, 0.25) is 0 Å². The van der Waals surface area contributed by atoms with E-state index in [0.29, 0.717) is 11.3 Å². The highest BCUT2D eigenvalue weighted by molar-refractivity contribution is 5.37. The number of methoxy groups -OCH3 is 1. The standard InChI is InChI=1S/C14H13F2NO2/c1-14(18,9-3-11(15)6-12(16)4-9)10-5-13(19-2)8-17-7-10/h3-8,18H,1-2H3. The van der Waals surface area contributed by atoms with E-state index in [-0.39, 0.29) is 5.56 Å². The zero-order valence-electron chi connectivity index (χ0n) is 10.5. The molecule has 5 heteroatoms. The van der Waals surface area contributed by atoms with Crippen molar-refractivity contribution >= 4 is 0 Å². The molecule has 1 heterocycles. The van der Waals surface area contributed by atoms with Crippen LogP contribution in [0, 0.1) is 11.6 Å². The first kappa shape index (κ1) is 13.4. The van der Waals surface area contributed by atoms with E-state index in [4.69, 9.17) is 4.74 Å². The van der Waals surface area contributed by atoms with E-state index in [0.717, 1.165) is 18.2 Å². The van der Waals surface area contributed by atoms with Gasteiger partial charge >= 0.3 is 0 Å². The Morgan fingerprint density at radius 1 is 1.05 bits per heavy atom. The quantitative estimate of drug-likeness (QED) is 0.927. The highest BCUT2D eigenvalue weighted by atomic mass is 19.1. The van der Waals surface area contributed by atoms with Crippen molar-refractivity contribution in [2.75, 3.05) is 7.11 Å². The second kappa shape index (κ2) is 4.93. The second-order valence-electron chi connectivity index (χ2n) is 4.34. The van der Waals surface area contributed by atoms with Crippen molar-refractivity contribution in [2.24, 2.45) is 0 Å². The molecule has 2 rings (SSSR count). The lowest BCUT2D eigenvalue weighted by Gasteiger charge is -2.24. The summed E-state index contributed by atoms with van der Waals surface area (Å²) >= 11 is 0. The van der Waals surface area contributed by atoms with Crippen LogP contribution in [0.5, 0.6) is 5.75 Å². The number of rotatable bonds is 3. The molecule has 0 aliphatic carbocycles. The fourth-order valence-corrected chi connectivity index (χ4v) is 1.80. The summed E-state index contributed by atoms with van der Waals surface area (Å²) in [6.45, 7) is 1.44. The summed E-state index contributed by atoms with van der Waals surface area (Å²) in [6.07, 6.45) is 2.90. The Morgan fingerprint density at radius 2 is 1.68 bits per heavy atom. The van der Waals surface area contributed by atoms with Crippen molar-refractivity contribution in [1.82, 2.24) is 4.98 Å². The summed E-state index contributed by atoms with van der Waals surface area (Å²) < 4.78 is 31.5. The van der Waals surface area contributed by atoms with Crippen LogP contribution < -0.4 is 4.74 Å². The summed E-state index contributed by atoms with van der Waals surface area (Å²) in [5.41, 5.74) is -1.07. The van der Waals surface area contributed by atoms with Crippen molar-refractivity contribution in [3.63, 3.8) is 0 Å². The van der Waals surface area contributed by atoms with E-state index in [1.807, 2.05) is 0 Å². The van der Waals surface area contributed by atoms with Gasteiger partial charge < -0.3 is 9.84 Å². The van der Waals surface area contributed by atoms with Gasteiger partial charge in [0.25, 0.3) is 0 Å². The smallest absolute Gasteiger partial charge is 0.137 e. The molecule has 100 valence electrons. The maximum Gasteiger partial charge on any atom is 0.137 e. The van der Waals surface area contributed by atoms with Crippen molar-refractivity contribution < 1.29 is 18.6 Å². The third kappa shape index (κ3) is 2.71. The highest BCUT2D eigenvalue weighted by Gasteiger charge is 2.27. The number of halogens is 2. The number of hydrogen-bond donors (Lipinski definition) is 1. The molecular weight excluding hydrogens is 252 g/mol. The van der Waals surface area contributed by atoms with Gasteiger partial charge in [-0.25, -0.2) is 8.78 Å². The van der Waals surface area contributed by atoms with Gasteiger partial charge in [-0.2, -0.15) is 0 Å². The maximum atomic E-state index is 13.2. The van der Waals surface area contributed by atoms with Crippen LogP contribution >= 0.6 is 0 Å². The maximum absolute atomic E-state index is 13.2. The van der Waals surface area contributed by atoms with Gasteiger partial charge in [0, 0.05) is 17.8 Å². The number of benzene rings is 1. The molecule has 0 fully saturated rings. The first-order valence-electron chi connectivity index (χ1n) is 5.62. The zero-order valence-corrected chi connectivity index (χ0v) is 10.5. The lowest BCUT2D eigenvalue weighted by Crippen LogP contribution is -2.23. The molecular formula is C14H13F2NO2. The molecule has 0 amide bonds. The van der Waals surface area contributed by atoms with Gasteiger partial charge in [0.1, 0.15) is 23.0 Å². The first-order valence-corrected chi connectivity index (χ1v) is 5.62. The molecule has 0 saturated heterocycles. The fraction of sp³-hybridized carbons (Fsp3) is 0.214. The zero-order chi connectivity index (χ0) is 14.0. The van der Waals surface area contributed by atoms with Crippen molar-refractivity contribution in [1.29, 1.82) is 0 Å². The van der Waals surface area contributed by atoms with E-state index < -0.39 is 17.2 Å². The Morgan fingerprint density at radius 3 is 2.26 bits per heavy atom. The Balaban J connectivity index is 2.50. The second-order valence-corrected chi connectivity index (χ2v) is 4.34. The van der Waals surface area contributed by atoms with E-state index in [1.54, 1.807) is 6.07 Å². The van der Waals surface area contributed by atoms with E-state index in [9.17, 15) is 13.9 Å². The number of ether oxygens (including phenoxy) is 1. The minimum absolute atomic E-state index is 0.111. The molecule has 0 saturated carbocycles. The minimum atomic E-state index is -1.56. The minimum Gasteiger partial charge on any atom is -0.495 e. The molecule has 1 N–H and O–H groups in total. The molecule has 1 aromatic heterocycles. The van der Waals surface area contributed by atoms with Gasteiger partial charge in [0.15, 0.2) is 0 Å². The number of aromatic nitrogens is 1. The predicted molar refractivity (Wildman–Crippen MR) is 65.8 cm³/mol. The van der Waals surface area contributed by atoms with Gasteiger partial charge in [-0.15, -0.1) is 0 Å². The normalized spacial score (nSPS) is 13.9. The Bertz CT molecular complexity index is 579. The summed E-state index contributed by atoms with van der Waals surface area (Å²) in [7, 11) is 1.47. The number of aliphatic hydroxyl groups is 1. The van der Waals surface area contributed by atoms with Crippen molar-refractivity contribution in [3.8, 4) is 5.75 Å². The van der Waals surface area contributed by atoms with E-state index in [2.05, 4.69) is 4.98 Å². The average molecular weight is 265 g/mol. The molecule has 1 aromatic carbocycles. The molecule has 0 bridgehead atoms. The van der Waals surface area contributed by atoms with Gasteiger partial charge in [0.05, 0.1) is 13.3 Å². The molecule has 1 unspecified atom stereocenters. The van der Waals surface area contributed by atoms with Crippen LogP contribution in [0.15, 0.2) is 36.7 Å². The van der Waals surface area contributed by atoms with Gasteiger partial charge in [0.2, 0.25) is 0 Å². The van der Waals surface area contributed by atoms with E-state index in [1.165, 1.54) is 26.4 Å². The van der Waals surface area contributed by atoms with Crippen LogP contribution in [-0.2, 0) is 5.60 Å². The Kier molecular flexibility index (Phi) is 3.48. The lowest BCUT2D eigenvalue weighted by molar-refractivity contribution is 0.101. The molecule has 0 aliphatic rings. The summed E-state index contributed by atoms with van der Waals surface area (Å²) in [5.74, 6) is -1.04. The molecule has 2 aromatic rings. The molecule has 0 spiro atoms. The first-order chi connectivity index (χ1) is 8.93. The SMILES string of the molecule is COc1cncc(C(C)(O)c2cc(F)cc(F)c2)c1. The number of pyridine rings is 1. The molecule has 0 radical (unpaired) electrons. The van der Waals surface area contributed by atoms with Crippen LogP contribution in [0.3, 0.4) is 0 Å². The van der Waals surface area contributed by atoms with Gasteiger partial charge in [-0.05, 0) is 30.7 Å². The predicted octanol–water partition coefficient (Wildman–Crippen LogP) is 2.62. The molecule has 1 atom stereocenters. The number of hydrogen-bond acceptors (Lipinski definition) is 3. The fourth-order valence-electron chi connectivity index (χ4n) is 1.80. The number of nitrogens with zero attached hydrogens (tertiary/aromatic N) is 1. The van der Waals surface area contributed by atoms with Crippen LogP contribution in [0.1, 0.15) is 18.1 Å². The third-order valence-corrected chi connectivity index (χ3v) is 2.94. The monoisotopic (exact) mass is 265 g/mol. The van der Waals surface area contributed by atoms with E-state index >= 15 is 0 Å². The summed E-state index contributed by atoms with van der Waals surface area (Å²) in [4.78, 5) is 3.92. The van der Waals surface area contributed by atoms with Gasteiger partial charge in [-0.1, -0.05) is 0 Å². The molecule has 0 aliphatic heterocycles. The third-order valence-electron chi connectivity index (χ3n) is 2.94. The lowest BCUT2D eigenvalue weighted by atomic mass is 9.89. The highest BCUT2D eigenvalue weighted by Crippen LogP contribution is 2.31. The Hall–Kier alpha value is -2.01. The van der Waals surface area contributed by atoms with Crippen LogP contribution in [-0.4, -0.2) is 17.2 Å². The van der Waals surface area contributed by atoms with Crippen molar-refractivity contribution in [2.45, 2.75) is 12.5 Å². The summed E-state index contributed by atoms with van der Waals surface area (Å²) in [6, 6.07) is 4.49. The average Bonchev–Trinajstić information content (AvgIpc) is 2.37. The topological polar surface area (TPSA) is 42.4 Å². The van der Waals surface area contributed by atoms with Crippen LogP contribution in [0.4, 0.5) is 8.78 Å². The molecule has 3 nitrogen and oxygen atoms in total. The summed E-state index contributed by atoms with van der Waals surface area (Å²) in [5, 5.41) is 10.5. The van der Waals surface area contributed by atoms with Crippen molar-refractivity contribution in [3.05, 3.63) is 59.4 Å². The molecule has 19 heavy (non-hydrogen) atoms. The largest absolute Gasteiger partial charge is 0.495 e. The van der Waals surface area contributed by atoms with Gasteiger partial charge in [-0.3, -0.25) is 4.98 Å².